The van der Waals surface area contributed by atoms with E-state index in [0.29, 0.717) is 17.2 Å². The van der Waals surface area contributed by atoms with Crippen molar-refractivity contribution in [2.75, 3.05) is 5.32 Å². The van der Waals surface area contributed by atoms with Gasteiger partial charge in [-0.25, -0.2) is 0 Å². The fraction of sp³-hybridized carbons (Fsp3) is 0.208. The van der Waals surface area contributed by atoms with Gasteiger partial charge in [0.25, 0.3) is 5.91 Å². The van der Waals surface area contributed by atoms with Crippen LogP contribution in [-0.2, 0) is 12.3 Å². The number of hydrogen-bond acceptors (Lipinski definition) is 5. The standard InChI is InChI=1S/C24H24N4O2S/c1-17(2)15-28-22(21-9-6-14-30-21)26-27-24(28)31-16-18-10-12-19(13-11-18)23(29)25-20-7-4-3-5-8-20/h3-14,17H,15-16H2,1-2H3,(H,25,29). The molecule has 31 heavy (non-hydrogen) atoms. The summed E-state index contributed by atoms with van der Waals surface area (Å²) in [6.45, 7) is 5.14. The first-order valence-corrected chi connectivity index (χ1v) is 11.1. The molecule has 0 aliphatic heterocycles. The summed E-state index contributed by atoms with van der Waals surface area (Å²) in [6.07, 6.45) is 1.64. The summed E-state index contributed by atoms with van der Waals surface area (Å²) in [4.78, 5) is 12.4. The molecule has 7 heteroatoms. The normalized spacial score (nSPS) is 11.1. The van der Waals surface area contributed by atoms with Gasteiger partial charge in [-0.2, -0.15) is 0 Å². The second-order valence-electron chi connectivity index (χ2n) is 7.59. The minimum atomic E-state index is -0.120. The number of carbonyl (C=O) groups is 1. The Kier molecular flexibility index (Phi) is 6.52. The lowest BCUT2D eigenvalue weighted by Gasteiger charge is -2.11. The second-order valence-corrected chi connectivity index (χ2v) is 8.54. The number of nitrogens with one attached hydrogen (secondary N) is 1. The van der Waals surface area contributed by atoms with Crippen LogP contribution in [0.3, 0.4) is 0 Å². The predicted molar refractivity (Wildman–Crippen MR) is 123 cm³/mol. The predicted octanol–water partition coefficient (Wildman–Crippen LogP) is 5.74. The fourth-order valence-electron chi connectivity index (χ4n) is 3.14. The van der Waals surface area contributed by atoms with E-state index in [2.05, 4.69) is 33.9 Å². The third-order valence-electron chi connectivity index (χ3n) is 4.62. The van der Waals surface area contributed by atoms with Crippen LogP contribution in [0.4, 0.5) is 5.69 Å². The third-order valence-corrected chi connectivity index (χ3v) is 5.66. The van der Waals surface area contributed by atoms with Crippen molar-refractivity contribution < 1.29 is 9.21 Å². The van der Waals surface area contributed by atoms with Crippen LogP contribution in [0.2, 0.25) is 0 Å². The Morgan fingerprint density at radius 2 is 1.81 bits per heavy atom. The van der Waals surface area contributed by atoms with Crippen molar-refractivity contribution in [2.24, 2.45) is 5.92 Å². The van der Waals surface area contributed by atoms with Gasteiger partial charge >= 0.3 is 0 Å². The Morgan fingerprint density at radius 1 is 1.03 bits per heavy atom. The Balaban J connectivity index is 1.43. The highest BCUT2D eigenvalue weighted by molar-refractivity contribution is 7.98. The Hall–Kier alpha value is -3.32. The highest BCUT2D eigenvalue weighted by atomic mass is 32.2. The van der Waals surface area contributed by atoms with Crippen molar-refractivity contribution in [3.63, 3.8) is 0 Å². The molecule has 0 fully saturated rings. The molecule has 2 heterocycles. The molecule has 1 N–H and O–H groups in total. The van der Waals surface area contributed by atoms with Crippen molar-refractivity contribution in [3.05, 3.63) is 84.1 Å². The maximum absolute atomic E-state index is 12.4. The lowest BCUT2D eigenvalue weighted by atomic mass is 10.1. The number of amides is 1. The Bertz CT molecular complexity index is 1120. The van der Waals surface area contributed by atoms with Crippen molar-refractivity contribution in [3.8, 4) is 11.6 Å². The molecule has 1 amide bonds. The maximum Gasteiger partial charge on any atom is 0.255 e. The lowest BCUT2D eigenvalue weighted by Crippen LogP contribution is -2.11. The van der Waals surface area contributed by atoms with Crippen molar-refractivity contribution in [2.45, 2.75) is 31.3 Å². The highest BCUT2D eigenvalue weighted by Crippen LogP contribution is 2.27. The number of para-hydroxylation sites is 1. The van der Waals surface area contributed by atoms with Gasteiger partial charge in [0, 0.05) is 23.5 Å². The van der Waals surface area contributed by atoms with Gasteiger partial charge in [-0.15, -0.1) is 10.2 Å². The monoisotopic (exact) mass is 432 g/mol. The van der Waals surface area contributed by atoms with Crippen LogP contribution >= 0.6 is 11.8 Å². The van der Waals surface area contributed by atoms with E-state index in [1.54, 1.807) is 18.0 Å². The zero-order chi connectivity index (χ0) is 21.6. The van der Waals surface area contributed by atoms with Crippen molar-refractivity contribution in [1.29, 1.82) is 0 Å². The number of anilines is 1. The van der Waals surface area contributed by atoms with E-state index < -0.39 is 0 Å². The maximum atomic E-state index is 12.4. The van der Waals surface area contributed by atoms with Crippen LogP contribution in [0.25, 0.3) is 11.6 Å². The van der Waals surface area contributed by atoms with E-state index in [9.17, 15) is 4.79 Å². The minimum absolute atomic E-state index is 0.120. The summed E-state index contributed by atoms with van der Waals surface area (Å²) in [5, 5.41) is 12.5. The number of aromatic nitrogens is 3. The largest absolute Gasteiger partial charge is 0.461 e. The summed E-state index contributed by atoms with van der Waals surface area (Å²) in [6, 6.07) is 20.8. The Morgan fingerprint density at radius 3 is 2.48 bits per heavy atom. The smallest absolute Gasteiger partial charge is 0.255 e. The zero-order valence-electron chi connectivity index (χ0n) is 17.5. The van der Waals surface area contributed by atoms with Gasteiger partial charge in [-0.1, -0.05) is 55.9 Å². The molecule has 0 aliphatic rings. The zero-order valence-corrected chi connectivity index (χ0v) is 18.3. The SMILES string of the molecule is CC(C)Cn1c(SCc2ccc(C(=O)Nc3ccccc3)cc2)nnc1-c1ccco1. The van der Waals surface area contributed by atoms with E-state index in [-0.39, 0.29) is 5.91 Å². The molecule has 0 saturated heterocycles. The molecule has 2 aromatic heterocycles. The first-order valence-electron chi connectivity index (χ1n) is 10.2. The fourth-order valence-corrected chi connectivity index (χ4v) is 4.04. The molecule has 6 nitrogen and oxygen atoms in total. The number of furan rings is 1. The molecule has 158 valence electrons. The number of hydrogen-bond donors (Lipinski definition) is 1. The molecular formula is C24H24N4O2S. The van der Waals surface area contributed by atoms with E-state index >= 15 is 0 Å². The average Bonchev–Trinajstić information content (AvgIpc) is 3.43. The summed E-state index contributed by atoms with van der Waals surface area (Å²) in [5.41, 5.74) is 2.52. The van der Waals surface area contributed by atoms with Gasteiger partial charge in [-0.05, 0) is 47.9 Å². The highest BCUT2D eigenvalue weighted by Gasteiger charge is 2.17. The summed E-state index contributed by atoms with van der Waals surface area (Å²) in [7, 11) is 0. The quantitative estimate of drug-likeness (QED) is 0.360. The summed E-state index contributed by atoms with van der Waals surface area (Å²) < 4.78 is 7.63. The molecule has 4 rings (SSSR count). The number of nitrogens with zero attached hydrogens (tertiary/aromatic N) is 3. The van der Waals surface area contributed by atoms with Gasteiger partial charge in [0.2, 0.25) is 0 Å². The van der Waals surface area contributed by atoms with Crippen LogP contribution in [0.1, 0.15) is 29.8 Å². The van der Waals surface area contributed by atoms with E-state index in [0.717, 1.165) is 34.5 Å². The molecule has 2 aromatic carbocycles. The van der Waals surface area contributed by atoms with Gasteiger partial charge in [0.15, 0.2) is 16.7 Å². The molecule has 0 bridgehead atoms. The number of carbonyl (C=O) groups excluding carboxylic acids is 1. The number of benzene rings is 2. The van der Waals surface area contributed by atoms with Gasteiger partial charge < -0.3 is 9.73 Å². The molecule has 0 saturated carbocycles. The van der Waals surface area contributed by atoms with E-state index in [1.807, 2.05) is 66.7 Å². The third kappa shape index (κ3) is 5.24. The van der Waals surface area contributed by atoms with Crippen LogP contribution in [0, 0.1) is 5.92 Å². The lowest BCUT2D eigenvalue weighted by molar-refractivity contribution is 0.102. The minimum Gasteiger partial charge on any atom is -0.461 e. The van der Waals surface area contributed by atoms with Crippen LogP contribution in [0.15, 0.2) is 82.6 Å². The van der Waals surface area contributed by atoms with Crippen molar-refractivity contribution >= 4 is 23.4 Å². The van der Waals surface area contributed by atoms with Gasteiger partial charge in [-0.3, -0.25) is 9.36 Å². The molecular weight excluding hydrogens is 408 g/mol. The Labute approximate surface area is 185 Å². The average molecular weight is 433 g/mol. The molecule has 0 atom stereocenters. The van der Waals surface area contributed by atoms with Crippen LogP contribution in [0.5, 0.6) is 0 Å². The molecule has 0 unspecified atom stereocenters. The topological polar surface area (TPSA) is 73.0 Å². The summed E-state index contributed by atoms with van der Waals surface area (Å²) in [5.74, 6) is 2.52. The van der Waals surface area contributed by atoms with Crippen molar-refractivity contribution in [1.82, 2.24) is 14.8 Å². The van der Waals surface area contributed by atoms with Crippen LogP contribution < -0.4 is 5.32 Å². The van der Waals surface area contributed by atoms with Gasteiger partial charge in [0.1, 0.15) is 0 Å². The van der Waals surface area contributed by atoms with Gasteiger partial charge in [0.05, 0.1) is 6.26 Å². The first kappa shape index (κ1) is 20.9. The molecule has 0 aliphatic carbocycles. The van der Waals surface area contributed by atoms with Crippen LogP contribution in [-0.4, -0.2) is 20.7 Å². The number of thioether (sulfide) groups is 1. The summed E-state index contributed by atoms with van der Waals surface area (Å²) >= 11 is 1.62. The van der Waals surface area contributed by atoms with E-state index in [1.165, 1.54) is 0 Å². The molecule has 0 radical (unpaired) electrons. The number of rotatable bonds is 8. The second kappa shape index (κ2) is 9.66. The van der Waals surface area contributed by atoms with E-state index in [4.69, 9.17) is 4.42 Å². The molecule has 0 spiro atoms. The first-order chi connectivity index (χ1) is 15.1. The molecule has 4 aromatic rings.